The van der Waals surface area contributed by atoms with E-state index in [4.69, 9.17) is 14.5 Å². The Morgan fingerprint density at radius 3 is 2.90 bits per heavy atom. The zero-order valence-corrected chi connectivity index (χ0v) is 15.9. The van der Waals surface area contributed by atoms with Crippen LogP contribution in [0.1, 0.15) is 18.0 Å². The predicted octanol–water partition coefficient (Wildman–Crippen LogP) is 1.98. The van der Waals surface area contributed by atoms with Crippen molar-refractivity contribution < 1.29 is 19.1 Å². The Bertz CT molecular complexity index is 1080. The van der Waals surface area contributed by atoms with Crippen LogP contribution in [-0.2, 0) is 9.59 Å². The maximum Gasteiger partial charge on any atom is 0.245 e. The molecule has 1 saturated heterocycles. The summed E-state index contributed by atoms with van der Waals surface area (Å²) in [5, 5.41) is 0. The van der Waals surface area contributed by atoms with Gasteiger partial charge in [0.2, 0.25) is 18.6 Å². The Morgan fingerprint density at radius 1 is 1.14 bits per heavy atom. The topological polar surface area (TPSA) is 71.4 Å². The summed E-state index contributed by atoms with van der Waals surface area (Å²) in [5.41, 5.74) is 3.85. The molecule has 0 radical (unpaired) electrons. The summed E-state index contributed by atoms with van der Waals surface area (Å²) >= 11 is 0. The molecule has 0 saturated carbocycles. The maximum absolute atomic E-state index is 13.1. The summed E-state index contributed by atoms with van der Waals surface area (Å²) < 4.78 is 11.0. The zero-order chi connectivity index (χ0) is 19.7. The van der Waals surface area contributed by atoms with Crippen LogP contribution in [-0.4, -0.2) is 53.8 Å². The first kappa shape index (κ1) is 16.6. The third-order valence-electron chi connectivity index (χ3n) is 6.27. The molecule has 4 aliphatic heterocycles. The molecule has 4 heterocycles. The minimum Gasteiger partial charge on any atom is -0.454 e. The number of likely N-dealkylation sites (N-methyl/N-ethyl adjacent to an activating group) is 1. The van der Waals surface area contributed by atoms with Crippen LogP contribution in [0.15, 0.2) is 58.8 Å². The highest BCUT2D eigenvalue weighted by atomic mass is 16.7. The molecule has 1 aromatic rings. The van der Waals surface area contributed by atoms with Gasteiger partial charge in [-0.15, -0.1) is 0 Å². The number of ether oxygens (including phenoxy) is 2. The van der Waals surface area contributed by atoms with E-state index in [-0.39, 0.29) is 31.1 Å². The van der Waals surface area contributed by atoms with Crippen molar-refractivity contribution in [1.29, 1.82) is 0 Å². The fraction of sp³-hybridized carbons (Fsp3) is 0.318. The van der Waals surface area contributed by atoms with Gasteiger partial charge < -0.3 is 19.3 Å². The Hall–Kier alpha value is -3.35. The van der Waals surface area contributed by atoms with Gasteiger partial charge in [0.05, 0.1) is 18.0 Å². The molecule has 146 valence electrons. The molecule has 1 fully saturated rings. The van der Waals surface area contributed by atoms with Crippen molar-refractivity contribution in [1.82, 2.24) is 9.80 Å². The number of amides is 2. The average molecular weight is 389 g/mol. The van der Waals surface area contributed by atoms with Gasteiger partial charge in [-0.1, -0.05) is 24.3 Å². The van der Waals surface area contributed by atoms with E-state index in [1.807, 2.05) is 36.4 Å². The van der Waals surface area contributed by atoms with Gasteiger partial charge in [0.15, 0.2) is 11.5 Å². The molecule has 0 bridgehead atoms. The van der Waals surface area contributed by atoms with Gasteiger partial charge in [-0.05, 0) is 29.3 Å². The first-order valence-electron chi connectivity index (χ1n) is 9.74. The highest BCUT2D eigenvalue weighted by molar-refractivity contribution is 6.05. The number of nitrogens with zero attached hydrogens (tertiary/aromatic N) is 3. The highest BCUT2D eigenvalue weighted by Gasteiger charge is 2.50. The van der Waals surface area contributed by atoms with Gasteiger partial charge in [-0.25, -0.2) is 0 Å². The molecular weight excluding hydrogens is 370 g/mol. The lowest BCUT2D eigenvalue weighted by Crippen LogP contribution is -2.61. The molecule has 7 heteroatoms. The number of hydrogen-bond donors (Lipinski definition) is 0. The van der Waals surface area contributed by atoms with Gasteiger partial charge in [0.25, 0.3) is 0 Å². The number of allylic oxidation sites excluding steroid dienone is 4. The van der Waals surface area contributed by atoms with E-state index in [2.05, 4.69) is 6.08 Å². The van der Waals surface area contributed by atoms with E-state index in [9.17, 15) is 9.59 Å². The van der Waals surface area contributed by atoms with Gasteiger partial charge in [-0.2, -0.15) is 0 Å². The molecule has 1 aromatic carbocycles. The largest absolute Gasteiger partial charge is 0.454 e. The fourth-order valence-electron chi connectivity index (χ4n) is 4.93. The molecule has 29 heavy (non-hydrogen) atoms. The smallest absolute Gasteiger partial charge is 0.245 e. The summed E-state index contributed by atoms with van der Waals surface area (Å²) in [6.45, 7) is 0.269. The molecule has 5 aliphatic rings. The quantitative estimate of drug-likeness (QED) is 0.736. The number of benzene rings is 1. The van der Waals surface area contributed by atoms with Crippen LogP contribution in [0.5, 0.6) is 11.5 Å². The first-order valence-corrected chi connectivity index (χ1v) is 9.74. The van der Waals surface area contributed by atoms with Gasteiger partial charge >= 0.3 is 0 Å². The molecular formula is C22H19N3O4. The lowest BCUT2D eigenvalue weighted by atomic mass is 9.81. The van der Waals surface area contributed by atoms with Crippen LogP contribution < -0.4 is 9.47 Å². The summed E-state index contributed by atoms with van der Waals surface area (Å²) in [4.78, 5) is 34.3. The Labute approximate surface area is 167 Å². The summed E-state index contributed by atoms with van der Waals surface area (Å²) in [6.07, 6.45) is 8.63. The Morgan fingerprint density at radius 2 is 2.00 bits per heavy atom. The van der Waals surface area contributed by atoms with E-state index >= 15 is 0 Å². The second kappa shape index (κ2) is 5.83. The molecule has 2 amide bonds. The number of carbonyl (C=O) groups is 2. The van der Waals surface area contributed by atoms with Crippen molar-refractivity contribution in [3.63, 3.8) is 0 Å². The van der Waals surface area contributed by atoms with E-state index in [0.29, 0.717) is 17.9 Å². The van der Waals surface area contributed by atoms with Gasteiger partial charge in [0, 0.05) is 19.4 Å². The zero-order valence-electron chi connectivity index (χ0n) is 15.9. The standard InChI is InChI=1S/C22H19N3O4/c1-24-10-19(26)25-16(22(24)27)9-14-13-4-2-3-5-15(13)23-20(14)21(25)12-6-7-17-18(8-12)29-11-28-17/h2-8,13,16,21H,9-11H2,1H3/t13?,16-,21-/m1/s1. The molecule has 1 aliphatic carbocycles. The van der Waals surface area contributed by atoms with E-state index < -0.39 is 12.1 Å². The lowest BCUT2D eigenvalue weighted by molar-refractivity contribution is -0.157. The van der Waals surface area contributed by atoms with Crippen LogP contribution in [0.4, 0.5) is 0 Å². The third-order valence-corrected chi connectivity index (χ3v) is 6.27. The predicted molar refractivity (Wildman–Crippen MR) is 104 cm³/mol. The summed E-state index contributed by atoms with van der Waals surface area (Å²) in [7, 11) is 1.69. The number of rotatable bonds is 1. The van der Waals surface area contributed by atoms with Crippen LogP contribution in [0.3, 0.4) is 0 Å². The van der Waals surface area contributed by atoms with Crippen molar-refractivity contribution in [3.05, 3.63) is 59.3 Å². The molecule has 1 unspecified atom stereocenters. The van der Waals surface area contributed by atoms with Gasteiger partial charge in [-0.3, -0.25) is 14.6 Å². The molecule has 3 atom stereocenters. The molecule has 0 aromatic heterocycles. The van der Waals surface area contributed by atoms with Crippen LogP contribution in [0.25, 0.3) is 0 Å². The lowest BCUT2D eigenvalue weighted by Gasteiger charge is -2.46. The van der Waals surface area contributed by atoms with Crippen molar-refractivity contribution in [3.8, 4) is 11.5 Å². The van der Waals surface area contributed by atoms with E-state index in [0.717, 1.165) is 22.5 Å². The summed E-state index contributed by atoms with van der Waals surface area (Å²) in [6, 6.07) is 4.78. The second-order valence-electron chi connectivity index (χ2n) is 7.90. The molecule has 0 N–H and O–H groups in total. The first-order chi connectivity index (χ1) is 14.1. The third kappa shape index (κ3) is 2.27. The second-order valence-corrected chi connectivity index (χ2v) is 7.90. The highest BCUT2D eigenvalue weighted by Crippen LogP contribution is 2.49. The van der Waals surface area contributed by atoms with Crippen molar-refractivity contribution in [2.45, 2.75) is 18.5 Å². The van der Waals surface area contributed by atoms with Gasteiger partial charge in [0.1, 0.15) is 12.1 Å². The number of carbonyl (C=O) groups excluding carboxylic acids is 2. The van der Waals surface area contributed by atoms with Crippen molar-refractivity contribution >= 4 is 17.5 Å². The minimum absolute atomic E-state index is 0.0225. The number of fused-ring (bicyclic) bond motifs is 4. The van der Waals surface area contributed by atoms with Crippen LogP contribution in [0, 0.1) is 5.92 Å². The van der Waals surface area contributed by atoms with E-state index in [1.54, 1.807) is 11.9 Å². The monoisotopic (exact) mass is 389 g/mol. The SMILES string of the molecule is CN1CC(=O)N2[C@H](CC3=C(N=C4C=CC=CC43)[C@H]2c2ccc3c(c2)OCO3)C1=O. The minimum atomic E-state index is -0.510. The number of hydrogen-bond acceptors (Lipinski definition) is 5. The number of piperazine rings is 1. The maximum atomic E-state index is 13.1. The molecule has 7 nitrogen and oxygen atoms in total. The van der Waals surface area contributed by atoms with Crippen LogP contribution in [0.2, 0.25) is 0 Å². The fourth-order valence-corrected chi connectivity index (χ4v) is 4.93. The molecule has 0 spiro atoms. The van der Waals surface area contributed by atoms with Crippen molar-refractivity contribution in [2.75, 3.05) is 20.4 Å². The van der Waals surface area contributed by atoms with Crippen LogP contribution >= 0.6 is 0 Å². The average Bonchev–Trinajstić information content (AvgIpc) is 3.34. The Balaban J connectivity index is 1.53. The van der Waals surface area contributed by atoms with E-state index in [1.165, 1.54) is 4.90 Å². The van der Waals surface area contributed by atoms with Crippen molar-refractivity contribution in [2.24, 2.45) is 10.9 Å². The molecule has 6 rings (SSSR count). The summed E-state index contributed by atoms with van der Waals surface area (Å²) in [5.74, 6) is 1.33. The Kier molecular flexibility index (Phi) is 3.33. The number of aliphatic imine (C=N–C) groups is 1. The normalized spacial score (nSPS) is 29.1.